The van der Waals surface area contributed by atoms with Gasteiger partial charge in [0.1, 0.15) is 5.82 Å². The Bertz CT molecular complexity index is 560. The average Bonchev–Trinajstić information content (AvgIpc) is 2.50. The van der Waals surface area contributed by atoms with E-state index in [1.807, 2.05) is 0 Å². The van der Waals surface area contributed by atoms with Crippen LogP contribution in [0.2, 0.25) is 0 Å². The van der Waals surface area contributed by atoms with Gasteiger partial charge in [0.2, 0.25) is 5.91 Å². The third-order valence-corrected chi connectivity index (χ3v) is 4.38. The Morgan fingerprint density at radius 1 is 1.36 bits per heavy atom. The summed E-state index contributed by atoms with van der Waals surface area (Å²) in [5.74, 6) is -0.876. The SMILES string of the molecule is NC1CCN(C(=O)CCNC(=O)c2cc(F)ccc2Br)CC1. The fourth-order valence-corrected chi connectivity index (χ4v) is 2.78. The number of nitrogens with one attached hydrogen (secondary N) is 1. The molecule has 1 aliphatic rings. The quantitative estimate of drug-likeness (QED) is 0.844. The summed E-state index contributed by atoms with van der Waals surface area (Å²) in [4.78, 5) is 25.7. The Kier molecular flexibility index (Phi) is 5.90. The first-order valence-corrected chi connectivity index (χ1v) is 8.03. The van der Waals surface area contributed by atoms with Gasteiger partial charge >= 0.3 is 0 Å². The number of piperidine rings is 1. The standard InChI is InChI=1S/C15H19BrFN3O2/c16-13-2-1-10(17)9-12(13)15(22)19-6-3-14(21)20-7-4-11(18)5-8-20/h1-2,9,11H,3-8,18H2,(H,19,22). The molecule has 7 heteroatoms. The van der Waals surface area contributed by atoms with E-state index in [0.29, 0.717) is 17.6 Å². The van der Waals surface area contributed by atoms with Gasteiger partial charge in [-0.1, -0.05) is 0 Å². The number of benzene rings is 1. The van der Waals surface area contributed by atoms with Crippen LogP contribution < -0.4 is 11.1 Å². The highest BCUT2D eigenvalue weighted by molar-refractivity contribution is 9.10. The fraction of sp³-hybridized carbons (Fsp3) is 0.467. The normalized spacial score (nSPS) is 15.7. The summed E-state index contributed by atoms with van der Waals surface area (Å²) in [5, 5.41) is 2.64. The maximum Gasteiger partial charge on any atom is 0.252 e. The van der Waals surface area contributed by atoms with Crippen LogP contribution in [-0.4, -0.2) is 42.4 Å². The molecule has 1 saturated heterocycles. The number of carbonyl (C=O) groups excluding carboxylic acids is 2. The molecule has 1 heterocycles. The van der Waals surface area contributed by atoms with Crippen LogP contribution in [-0.2, 0) is 4.79 Å². The van der Waals surface area contributed by atoms with Crippen LogP contribution in [0.5, 0.6) is 0 Å². The molecular weight excluding hydrogens is 353 g/mol. The van der Waals surface area contributed by atoms with E-state index in [2.05, 4.69) is 21.2 Å². The van der Waals surface area contributed by atoms with Crippen LogP contribution in [0, 0.1) is 5.82 Å². The van der Waals surface area contributed by atoms with Crippen LogP contribution >= 0.6 is 15.9 Å². The van der Waals surface area contributed by atoms with Crippen molar-refractivity contribution in [1.29, 1.82) is 0 Å². The van der Waals surface area contributed by atoms with Crippen molar-refractivity contribution in [3.05, 3.63) is 34.1 Å². The lowest BCUT2D eigenvalue weighted by Crippen LogP contribution is -2.43. The lowest BCUT2D eigenvalue weighted by Gasteiger charge is -2.30. The summed E-state index contributed by atoms with van der Waals surface area (Å²) in [6.07, 6.45) is 1.86. The first-order chi connectivity index (χ1) is 10.5. The van der Waals surface area contributed by atoms with E-state index >= 15 is 0 Å². The zero-order chi connectivity index (χ0) is 16.1. The van der Waals surface area contributed by atoms with E-state index in [0.717, 1.165) is 18.9 Å². The van der Waals surface area contributed by atoms with E-state index in [-0.39, 0.29) is 30.5 Å². The summed E-state index contributed by atoms with van der Waals surface area (Å²) in [6.45, 7) is 1.57. The molecule has 0 bridgehead atoms. The van der Waals surface area contributed by atoms with Gasteiger partial charge in [-0.2, -0.15) is 0 Å². The predicted octanol–water partition coefficient (Wildman–Crippen LogP) is 1.66. The number of carbonyl (C=O) groups is 2. The van der Waals surface area contributed by atoms with Crippen LogP contribution in [0.25, 0.3) is 0 Å². The van der Waals surface area contributed by atoms with Crippen LogP contribution in [0.4, 0.5) is 4.39 Å². The molecule has 0 atom stereocenters. The minimum absolute atomic E-state index is 0.00510. The topological polar surface area (TPSA) is 75.4 Å². The Balaban J connectivity index is 1.79. The molecule has 0 saturated carbocycles. The van der Waals surface area contributed by atoms with Crippen molar-refractivity contribution in [2.24, 2.45) is 5.73 Å². The van der Waals surface area contributed by atoms with E-state index in [9.17, 15) is 14.0 Å². The Labute approximate surface area is 137 Å². The highest BCUT2D eigenvalue weighted by atomic mass is 79.9. The first kappa shape index (κ1) is 16.9. The smallest absolute Gasteiger partial charge is 0.252 e. The molecule has 1 aromatic carbocycles. The number of nitrogens with two attached hydrogens (primary N) is 1. The van der Waals surface area contributed by atoms with Crippen molar-refractivity contribution in [2.45, 2.75) is 25.3 Å². The van der Waals surface area contributed by atoms with Crippen molar-refractivity contribution in [3.63, 3.8) is 0 Å². The number of rotatable bonds is 4. The van der Waals surface area contributed by atoms with Crippen molar-refractivity contribution in [3.8, 4) is 0 Å². The molecule has 0 unspecified atom stereocenters. The molecule has 2 amide bonds. The number of hydrogen-bond donors (Lipinski definition) is 2. The zero-order valence-electron chi connectivity index (χ0n) is 12.1. The van der Waals surface area contributed by atoms with Gasteiger partial charge in [-0.15, -0.1) is 0 Å². The van der Waals surface area contributed by atoms with Gasteiger partial charge in [-0.3, -0.25) is 9.59 Å². The average molecular weight is 372 g/mol. The van der Waals surface area contributed by atoms with E-state index in [4.69, 9.17) is 5.73 Å². The molecule has 0 spiro atoms. The second-order valence-corrected chi connectivity index (χ2v) is 6.20. The summed E-state index contributed by atoms with van der Waals surface area (Å²) in [7, 11) is 0. The molecule has 0 aromatic heterocycles. The molecule has 2 rings (SSSR count). The molecule has 3 N–H and O–H groups in total. The lowest BCUT2D eigenvalue weighted by molar-refractivity contribution is -0.132. The molecule has 120 valence electrons. The zero-order valence-corrected chi connectivity index (χ0v) is 13.7. The van der Waals surface area contributed by atoms with Crippen LogP contribution in [0.3, 0.4) is 0 Å². The maximum atomic E-state index is 13.2. The Hall–Kier alpha value is -1.47. The van der Waals surface area contributed by atoms with Crippen molar-refractivity contribution in [2.75, 3.05) is 19.6 Å². The molecule has 1 aromatic rings. The molecule has 1 fully saturated rings. The molecule has 0 aliphatic carbocycles. The number of likely N-dealkylation sites (tertiary alicyclic amines) is 1. The number of amides is 2. The fourth-order valence-electron chi connectivity index (χ4n) is 2.36. The van der Waals surface area contributed by atoms with E-state index < -0.39 is 11.7 Å². The van der Waals surface area contributed by atoms with E-state index in [1.54, 1.807) is 4.90 Å². The third-order valence-electron chi connectivity index (χ3n) is 3.69. The molecule has 1 aliphatic heterocycles. The number of nitrogens with zero attached hydrogens (tertiary/aromatic N) is 1. The minimum atomic E-state index is -0.478. The first-order valence-electron chi connectivity index (χ1n) is 7.24. The maximum absolute atomic E-state index is 13.2. The monoisotopic (exact) mass is 371 g/mol. The molecule has 0 radical (unpaired) electrons. The highest BCUT2D eigenvalue weighted by Crippen LogP contribution is 2.17. The van der Waals surface area contributed by atoms with Gasteiger partial charge in [0, 0.05) is 36.6 Å². The number of halogens is 2. The van der Waals surface area contributed by atoms with Crippen molar-refractivity contribution >= 4 is 27.7 Å². The summed E-state index contributed by atoms with van der Waals surface area (Å²) < 4.78 is 13.7. The number of hydrogen-bond acceptors (Lipinski definition) is 3. The molecular formula is C15H19BrFN3O2. The van der Waals surface area contributed by atoms with Gasteiger partial charge in [0.15, 0.2) is 0 Å². The highest BCUT2D eigenvalue weighted by Gasteiger charge is 2.20. The van der Waals surface area contributed by atoms with Gasteiger partial charge < -0.3 is 16.0 Å². The Morgan fingerprint density at radius 3 is 2.73 bits per heavy atom. The summed E-state index contributed by atoms with van der Waals surface area (Å²) in [6, 6.07) is 4.08. The summed E-state index contributed by atoms with van der Waals surface area (Å²) >= 11 is 3.21. The summed E-state index contributed by atoms with van der Waals surface area (Å²) in [5.41, 5.74) is 6.02. The van der Waals surface area contributed by atoms with Crippen LogP contribution in [0.15, 0.2) is 22.7 Å². The second-order valence-electron chi connectivity index (χ2n) is 5.35. The van der Waals surface area contributed by atoms with Gasteiger partial charge in [0.05, 0.1) is 5.56 Å². The van der Waals surface area contributed by atoms with Gasteiger partial charge in [0.25, 0.3) is 5.91 Å². The second kappa shape index (κ2) is 7.69. The van der Waals surface area contributed by atoms with Crippen LogP contribution in [0.1, 0.15) is 29.6 Å². The molecule has 5 nitrogen and oxygen atoms in total. The van der Waals surface area contributed by atoms with Gasteiger partial charge in [-0.25, -0.2) is 4.39 Å². The lowest BCUT2D eigenvalue weighted by atomic mass is 10.1. The largest absolute Gasteiger partial charge is 0.351 e. The predicted molar refractivity (Wildman–Crippen MR) is 84.8 cm³/mol. The third kappa shape index (κ3) is 4.51. The van der Waals surface area contributed by atoms with Crippen molar-refractivity contribution in [1.82, 2.24) is 10.2 Å². The van der Waals surface area contributed by atoms with Gasteiger partial charge in [-0.05, 0) is 47.0 Å². The Morgan fingerprint density at radius 2 is 2.05 bits per heavy atom. The molecule has 22 heavy (non-hydrogen) atoms. The minimum Gasteiger partial charge on any atom is -0.351 e. The van der Waals surface area contributed by atoms with Crippen molar-refractivity contribution < 1.29 is 14.0 Å². The van der Waals surface area contributed by atoms with E-state index in [1.165, 1.54) is 12.1 Å².